The van der Waals surface area contributed by atoms with E-state index >= 15 is 0 Å². The minimum Gasteiger partial charge on any atom is -0.480 e. The molecule has 0 aromatic heterocycles. The molecule has 2 rings (SSSR count). The molecule has 0 radical (unpaired) electrons. The van der Waals surface area contributed by atoms with Gasteiger partial charge in [-0.3, -0.25) is 4.79 Å². The number of piperidine rings is 2. The van der Waals surface area contributed by atoms with Crippen LogP contribution in [0.2, 0.25) is 0 Å². The molecule has 0 aliphatic carbocycles. The number of amides is 1. The standard InChI is InChI=1S/C14H24N2O3/c1-9-5-6-15-11(8-9)13(17)16-7-3-4-10(2)12(16)14(18)19/h9-12,15H,3-8H2,1-2H3,(H,18,19). The molecule has 0 saturated carbocycles. The third-order valence-electron chi connectivity index (χ3n) is 4.43. The second-order valence-corrected chi connectivity index (χ2v) is 6.07. The molecule has 4 atom stereocenters. The van der Waals surface area contributed by atoms with Gasteiger partial charge in [0, 0.05) is 6.54 Å². The zero-order valence-corrected chi connectivity index (χ0v) is 11.8. The summed E-state index contributed by atoms with van der Waals surface area (Å²) < 4.78 is 0. The monoisotopic (exact) mass is 268 g/mol. The van der Waals surface area contributed by atoms with Crippen LogP contribution in [0.25, 0.3) is 0 Å². The summed E-state index contributed by atoms with van der Waals surface area (Å²) in [7, 11) is 0. The van der Waals surface area contributed by atoms with Gasteiger partial charge in [0.15, 0.2) is 0 Å². The molecular formula is C14H24N2O3. The van der Waals surface area contributed by atoms with Crippen molar-refractivity contribution < 1.29 is 14.7 Å². The Morgan fingerprint density at radius 2 is 2.00 bits per heavy atom. The van der Waals surface area contributed by atoms with E-state index in [0.717, 1.165) is 32.2 Å². The van der Waals surface area contributed by atoms with Gasteiger partial charge in [-0.1, -0.05) is 13.8 Å². The van der Waals surface area contributed by atoms with Gasteiger partial charge in [0.1, 0.15) is 6.04 Å². The Hall–Kier alpha value is -1.10. The molecule has 2 aliphatic rings. The lowest BCUT2D eigenvalue weighted by atomic mass is 9.88. The highest BCUT2D eigenvalue weighted by atomic mass is 16.4. The molecule has 2 heterocycles. The van der Waals surface area contributed by atoms with E-state index in [4.69, 9.17) is 0 Å². The van der Waals surface area contributed by atoms with Gasteiger partial charge in [0.2, 0.25) is 5.91 Å². The van der Waals surface area contributed by atoms with Crippen LogP contribution in [0.15, 0.2) is 0 Å². The second-order valence-electron chi connectivity index (χ2n) is 6.07. The fourth-order valence-corrected chi connectivity index (χ4v) is 3.31. The minimum absolute atomic E-state index is 0.0227. The lowest BCUT2D eigenvalue weighted by Gasteiger charge is -2.40. The normalized spacial score (nSPS) is 36.0. The molecule has 0 spiro atoms. The first-order valence-electron chi connectivity index (χ1n) is 7.27. The van der Waals surface area contributed by atoms with E-state index < -0.39 is 12.0 Å². The number of hydrogen-bond donors (Lipinski definition) is 2. The molecule has 2 fully saturated rings. The van der Waals surface area contributed by atoms with Gasteiger partial charge in [-0.25, -0.2) is 4.79 Å². The number of nitrogens with zero attached hydrogens (tertiary/aromatic N) is 1. The molecule has 5 heteroatoms. The maximum atomic E-state index is 12.6. The molecule has 0 aromatic carbocycles. The molecule has 0 bridgehead atoms. The van der Waals surface area contributed by atoms with E-state index in [1.165, 1.54) is 0 Å². The number of carboxylic acid groups (broad SMARTS) is 1. The van der Waals surface area contributed by atoms with Crippen LogP contribution in [-0.2, 0) is 9.59 Å². The maximum absolute atomic E-state index is 12.6. The van der Waals surface area contributed by atoms with Gasteiger partial charge in [-0.05, 0) is 44.1 Å². The fourth-order valence-electron chi connectivity index (χ4n) is 3.31. The number of carbonyl (C=O) groups excluding carboxylic acids is 1. The Morgan fingerprint density at radius 3 is 2.63 bits per heavy atom. The molecule has 2 saturated heterocycles. The lowest BCUT2D eigenvalue weighted by molar-refractivity contribution is -0.156. The van der Waals surface area contributed by atoms with E-state index in [2.05, 4.69) is 12.2 Å². The Bertz CT molecular complexity index is 359. The second kappa shape index (κ2) is 5.90. The van der Waals surface area contributed by atoms with Crippen molar-refractivity contribution in [2.75, 3.05) is 13.1 Å². The summed E-state index contributed by atoms with van der Waals surface area (Å²) in [6.45, 7) is 5.50. The van der Waals surface area contributed by atoms with Crippen LogP contribution in [0.4, 0.5) is 0 Å². The fraction of sp³-hybridized carbons (Fsp3) is 0.857. The average Bonchev–Trinajstić information content (AvgIpc) is 2.37. The van der Waals surface area contributed by atoms with Crippen molar-refractivity contribution in [2.45, 2.75) is 51.6 Å². The summed E-state index contributed by atoms with van der Waals surface area (Å²) in [5, 5.41) is 12.6. The van der Waals surface area contributed by atoms with Gasteiger partial charge < -0.3 is 15.3 Å². The molecule has 19 heavy (non-hydrogen) atoms. The highest BCUT2D eigenvalue weighted by Gasteiger charge is 2.40. The summed E-state index contributed by atoms with van der Waals surface area (Å²) in [6.07, 6.45) is 3.69. The molecule has 2 aliphatic heterocycles. The Balaban J connectivity index is 2.09. The summed E-state index contributed by atoms with van der Waals surface area (Å²) >= 11 is 0. The van der Waals surface area contributed by atoms with Crippen LogP contribution in [0.3, 0.4) is 0 Å². The summed E-state index contributed by atoms with van der Waals surface area (Å²) in [4.78, 5) is 25.6. The van der Waals surface area contributed by atoms with Crippen molar-refractivity contribution >= 4 is 11.9 Å². The number of likely N-dealkylation sites (tertiary alicyclic amines) is 1. The van der Waals surface area contributed by atoms with E-state index in [0.29, 0.717) is 12.5 Å². The van der Waals surface area contributed by atoms with Gasteiger partial charge in [0.25, 0.3) is 0 Å². The van der Waals surface area contributed by atoms with E-state index in [1.54, 1.807) is 4.90 Å². The zero-order chi connectivity index (χ0) is 14.0. The van der Waals surface area contributed by atoms with Crippen LogP contribution < -0.4 is 5.32 Å². The van der Waals surface area contributed by atoms with Crippen molar-refractivity contribution in [3.8, 4) is 0 Å². The lowest BCUT2D eigenvalue weighted by Crippen LogP contribution is -2.58. The van der Waals surface area contributed by atoms with Gasteiger partial charge >= 0.3 is 5.97 Å². The van der Waals surface area contributed by atoms with Crippen LogP contribution in [0.1, 0.15) is 39.5 Å². The quantitative estimate of drug-likeness (QED) is 0.786. The highest BCUT2D eigenvalue weighted by Crippen LogP contribution is 2.26. The van der Waals surface area contributed by atoms with Crippen LogP contribution in [0, 0.1) is 11.8 Å². The molecule has 108 valence electrons. The number of carbonyl (C=O) groups is 2. The first-order chi connectivity index (χ1) is 9.00. The van der Waals surface area contributed by atoms with Crippen molar-refractivity contribution in [3.05, 3.63) is 0 Å². The van der Waals surface area contributed by atoms with E-state index in [9.17, 15) is 14.7 Å². The van der Waals surface area contributed by atoms with Gasteiger partial charge in [-0.15, -0.1) is 0 Å². The Kier molecular flexibility index (Phi) is 4.45. The van der Waals surface area contributed by atoms with Crippen LogP contribution in [0.5, 0.6) is 0 Å². The smallest absolute Gasteiger partial charge is 0.326 e. The molecular weight excluding hydrogens is 244 g/mol. The maximum Gasteiger partial charge on any atom is 0.326 e. The largest absolute Gasteiger partial charge is 0.480 e. The number of nitrogens with one attached hydrogen (secondary N) is 1. The van der Waals surface area contributed by atoms with Gasteiger partial charge in [0.05, 0.1) is 6.04 Å². The van der Waals surface area contributed by atoms with Crippen molar-refractivity contribution in [2.24, 2.45) is 11.8 Å². The predicted molar refractivity (Wildman–Crippen MR) is 71.7 cm³/mol. The van der Waals surface area contributed by atoms with Crippen molar-refractivity contribution in [1.29, 1.82) is 0 Å². The summed E-state index contributed by atoms with van der Waals surface area (Å²) in [5.74, 6) is -0.327. The van der Waals surface area contributed by atoms with E-state index in [-0.39, 0.29) is 17.9 Å². The summed E-state index contributed by atoms with van der Waals surface area (Å²) in [5.41, 5.74) is 0. The third kappa shape index (κ3) is 3.08. The number of rotatable bonds is 2. The molecule has 5 nitrogen and oxygen atoms in total. The third-order valence-corrected chi connectivity index (χ3v) is 4.43. The molecule has 0 aromatic rings. The van der Waals surface area contributed by atoms with Crippen LogP contribution in [-0.4, -0.2) is 47.1 Å². The zero-order valence-electron chi connectivity index (χ0n) is 11.8. The first-order valence-corrected chi connectivity index (χ1v) is 7.27. The topological polar surface area (TPSA) is 69.6 Å². The molecule has 1 amide bonds. The first kappa shape index (κ1) is 14.3. The van der Waals surface area contributed by atoms with Crippen LogP contribution >= 0.6 is 0 Å². The average molecular weight is 268 g/mol. The SMILES string of the molecule is CC1CCNC(C(=O)N2CCCC(C)C2C(=O)O)C1. The van der Waals surface area contributed by atoms with Crippen molar-refractivity contribution in [1.82, 2.24) is 10.2 Å². The molecule has 2 N–H and O–H groups in total. The van der Waals surface area contributed by atoms with Gasteiger partial charge in [-0.2, -0.15) is 0 Å². The highest BCUT2D eigenvalue weighted by molar-refractivity contribution is 5.87. The Morgan fingerprint density at radius 1 is 1.26 bits per heavy atom. The summed E-state index contributed by atoms with van der Waals surface area (Å²) in [6, 6.07) is -0.851. The minimum atomic E-state index is -0.871. The number of aliphatic carboxylic acids is 1. The van der Waals surface area contributed by atoms with Crippen molar-refractivity contribution in [3.63, 3.8) is 0 Å². The Labute approximate surface area is 114 Å². The number of carboxylic acids is 1. The number of hydrogen-bond acceptors (Lipinski definition) is 3. The van der Waals surface area contributed by atoms with E-state index in [1.807, 2.05) is 6.92 Å². The molecule has 4 unspecified atom stereocenters. The predicted octanol–water partition coefficient (Wildman–Crippen LogP) is 1.09.